The Labute approximate surface area is 192 Å². The van der Waals surface area contributed by atoms with Crippen molar-refractivity contribution in [2.45, 2.75) is 25.8 Å². The van der Waals surface area contributed by atoms with Crippen molar-refractivity contribution in [3.63, 3.8) is 0 Å². The van der Waals surface area contributed by atoms with Gasteiger partial charge in [0, 0.05) is 43.1 Å². The highest BCUT2D eigenvalue weighted by molar-refractivity contribution is 6.30. The molecule has 7 nitrogen and oxygen atoms in total. The molecular formula is C24H27ClN4O3. The van der Waals surface area contributed by atoms with E-state index in [4.69, 9.17) is 20.9 Å². The summed E-state index contributed by atoms with van der Waals surface area (Å²) in [4.78, 5) is 19.3. The van der Waals surface area contributed by atoms with Crippen LogP contribution in [-0.4, -0.2) is 53.8 Å². The molecule has 4 rings (SSSR count). The zero-order valence-corrected chi connectivity index (χ0v) is 18.8. The summed E-state index contributed by atoms with van der Waals surface area (Å²) in [6.45, 7) is 5.74. The number of carbonyl (C=O) groups is 1. The average molecular weight is 455 g/mol. The summed E-state index contributed by atoms with van der Waals surface area (Å²) in [7, 11) is 0. The number of nitrogens with one attached hydrogen (secondary N) is 1. The summed E-state index contributed by atoms with van der Waals surface area (Å²) in [5, 5.41) is 7.73. The van der Waals surface area contributed by atoms with E-state index in [9.17, 15) is 4.79 Å². The maximum Gasteiger partial charge on any atom is 0.227 e. The highest BCUT2D eigenvalue weighted by Crippen LogP contribution is 2.22. The first-order chi connectivity index (χ1) is 15.6. The molecule has 32 heavy (non-hydrogen) atoms. The lowest BCUT2D eigenvalue weighted by Gasteiger charge is -2.35. The predicted octanol–water partition coefficient (Wildman–Crippen LogP) is 3.82. The minimum Gasteiger partial charge on any atom is -0.379 e. The van der Waals surface area contributed by atoms with E-state index < -0.39 is 0 Å². The van der Waals surface area contributed by atoms with Crippen LogP contribution in [0, 0.1) is 6.92 Å². The molecule has 3 aromatic rings. The summed E-state index contributed by atoms with van der Waals surface area (Å²) in [5.74, 6) is 0.888. The molecule has 1 amide bonds. The number of halogens is 1. The van der Waals surface area contributed by atoms with E-state index in [1.807, 2.05) is 12.1 Å². The fourth-order valence-corrected chi connectivity index (χ4v) is 3.85. The van der Waals surface area contributed by atoms with Gasteiger partial charge in [0.1, 0.15) is 0 Å². The second-order valence-corrected chi connectivity index (χ2v) is 8.33. The van der Waals surface area contributed by atoms with Gasteiger partial charge in [-0.05, 0) is 36.8 Å². The Morgan fingerprint density at radius 2 is 1.84 bits per heavy atom. The third-order valence-electron chi connectivity index (χ3n) is 5.58. The normalized spacial score (nSPS) is 15.4. The van der Waals surface area contributed by atoms with Crippen LogP contribution in [0.15, 0.2) is 53.1 Å². The first kappa shape index (κ1) is 22.5. The van der Waals surface area contributed by atoms with Crippen LogP contribution in [0.5, 0.6) is 0 Å². The Balaban J connectivity index is 1.32. The van der Waals surface area contributed by atoms with Crippen LogP contribution in [0.25, 0.3) is 11.4 Å². The number of rotatable bonds is 8. The molecule has 1 saturated heterocycles. The zero-order chi connectivity index (χ0) is 22.3. The van der Waals surface area contributed by atoms with Crippen LogP contribution in [0.3, 0.4) is 0 Å². The number of morpholine rings is 1. The Morgan fingerprint density at radius 3 is 2.56 bits per heavy atom. The summed E-state index contributed by atoms with van der Waals surface area (Å²) in [5.41, 5.74) is 3.23. The molecule has 2 aromatic carbocycles. The molecule has 0 saturated carbocycles. The Hall–Kier alpha value is -2.74. The standard InChI is InChI=1S/C24H27ClN4O3/c1-17-2-4-18(5-3-17)21(29-12-14-31-15-13-29)16-26-22(30)10-11-23-27-24(28-32-23)19-6-8-20(25)9-7-19/h2-9,21H,10-16H2,1H3,(H,26,30)/t21-/m1/s1. The lowest BCUT2D eigenvalue weighted by molar-refractivity contribution is -0.121. The third kappa shape index (κ3) is 5.94. The Morgan fingerprint density at radius 1 is 1.12 bits per heavy atom. The van der Waals surface area contributed by atoms with Crippen molar-refractivity contribution in [2.24, 2.45) is 0 Å². The molecule has 0 unspecified atom stereocenters. The third-order valence-corrected chi connectivity index (χ3v) is 5.83. The van der Waals surface area contributed by atoms with Gasteiger partial charge in [-0.25, -0.2) is 0 Å². The first-order valence-electron chi connectivity index (χ1n) is 10.8. The number of aryl methyl sites for hydroxylation is 2. The minimum absolute atomic E-state index is 0.0402. The number of amides is 1. The number of aromatic nitrogens is 2. The van der Waals surface area contributed by atoms with E-state index in [0.717, 1.165) is 18.7 Å². The van der Waals surface area contributed by atoms with E-state index in [1.165, 1.54) is 11.1 Å². The van der Waals surface area contributed by atoms with Gasteiger partial charge in [-0.3, -0.25) is 9.69 Å². The lowest BCUT2D eigenvalue weighted by Crippen LogP contribution is -2.43. The van der Waals surface area contributed by atoms with E-state index >= 15 is 0 Å². The van der Waals surface area contributed by atoms with Crippen molar-refractivity contribution in [3.8, 4) is 11.4 Å². The predicted molar refractivity (Wildman–Crippen MR) is 122 cm³/mol. The minimum atomic E-state index is -0.0402. The highest BCUT2D eigenvalue weighted by Gasteiger charge is 2.23. The number of hydrogen-bond acceptors (Lipinski definition) is 6. The van der Waals surface area contributed by atoms with E-state index in [-0.39, 0.29) is 18.4 Å². The summed E-state index contributed by atoms with van der Waals surface area (Å²) < 4.78 is 10.8. The second kappa shape index (κ2) is 10.7. The monoisotopic (exact) mass is 454 g/mol. The molecule has 1 aliphatic rings. The van der Waals surface area contributed by atoms with Crippen molar-refractivity contribution >= 4 is 17.5 Å². The van der Waals surface area contributed by atoms with Crippen molar-refractivity contribution in [1.29, 1.82) is 0 Å². The second-order valence-electron chi connectivity index (χ2n) is 7.90. The molecule has 2 heterocycles. The molecule has 8 heteroatoms. The van der Waals surface area contributed by atoms with Gasteiger partial charge in [0.2, 0.25) is 17.6 Å². The summed E-state index contributed by atoms with van der Waals surface area (Å²) >= 11 is 5.92. The average Bonchev–Trinajstić information content (AvgIpc) is 3.29. The zero-order valence-electron chi connectivity index (χ0n) is 18.1. The lowest BCUT2D eigenvalue weighted by atomic mass is 10.0. The topological polar surface area (TPSA) is 80.5 Å². The summed E-state index contributed by atoms with van der Waals surface area (Å²) in [6.07, 6.45) is 0.672. The first-order valence-corrected chi connectivity index (χ1v) is 11.2. The smallest absolute Gasteiger partial charge is 0.227 e. The Kier molecular flexibility index (Phi) is 7.52. The molecule has 0 radical (unpaired) electrons. The van der Waals surface area contributed by atoms with Gasteiger partial charge in [-0.15, -0.1) is 0 Å². The molecule has 0 spiro atoms. The quantitative estimate of drug-likeness (QED) is 0.557. The van der Waals surface area contributed by atoms with Crippen LogP contribution >= 0.6 is 11.6 Å². The van der Waals surface area contributed by atoms with Crippen molar-refractivity contribution in [2.75, 3.05) is 32.8 Å². The molecule has 1 atom stereocenters. The molecular weight excluding hydrogens is 428 g/mol. The van der Waals surface area contributed by atoms with E-state index in [2.05, 4.69) is 51.5 Å². The van der Waals surface area contributed by atoms with Crippen LogP contribution < -0.4 is 5.32 Å². The van der Waals surface area contributed by atoms with Crippen LogP contribution in [0.2, 0.25) is 5.02 Å². The van der Waals surface area contributed by atoms with Gasteiger partial charge >= 0.3 is 0 Å². The fraction of sp³-hybridized carbons (Fsp3) is 0.375. The van der Waals surface area contributed by atoms with Crippen LogP contribution in [-0.2, 0) is 16.0 Å². The molecule has 1 aromatic heterocycles. The molecule has 0 bridgehead atoms. The highest BCUT2D eigenvalue weighted by atomic mass is 35.5. The largest absolute Gasteiger partial charge is 0.379 e. The number of hydrogen-bond donors (Lipinski definition) is 1. The van der Waals surface area contributed by atoms with Gasteiger partial charge < -0.3 is 14.6 Å². The van der Waals surface area contributed by atoms with E-state index in [0.29, 0.717) is 42.9 Å². The van der Waals surface area contributed by atoms with Crippen LogP contribution in [0.4, 0.5) is 0 Å². The number of ether oxygens (including phenoxy) is 1. The van der Waals surface area contributed by atoms with Crippen molar-refractivity contribution in [3.05, 3.63) is 70.6 Å². The maximum absolute atomic E-state index is 12.5. The van der Waals surface area contributed by atoms with Gasteiger partial charge in [0.25, 0.3) is 0 Å². The molecule has 168 valence electrons. The Bertz CT molecular complexity index is 1010. The number of benzene rings is 2. The van der Waals surface area contributed by atoms with Crippen molar-refractivity contribution in [1.82, 2.24) is 20.4 Å². The summed E-state index contributed by atoms with van der Waals surface area (Å²) in [6, 6.07) is 15.8. The van der Waals surface area contributed by atoms with Gasteiger partial charge in [0.05, 0.1) is 19.3 Å². The SMILES string of the molecule is Cc1ccc([C@@H](CNC(=O)CCc2nc(-c3ccc(Cl)cc3)no2)N2CCOCC2)cc1. The van der Waals surface area contributed by atoms with Gasteiger partial charge in [-0.1, -0.05) is 46.6 Å². The number of carbonyl (C=O) groups excluding carboxylic acids is 1. The van der Waals surface area contributed by atoms with Crippen LogP contribution in [0.1, 0.15) is 29.5 Å². The fourth-order valence-electron chi connectivity index (χ4n) is 3.73. The van der Waals surface area contributed by atoms with E-state index in [1.54, 1.807) is 12.1 Å². The van der Waals surface area contributed by atoms with Crippen molar-refractivity contribution < 1.29 is 14.1 Å². The molecule has 0 aliphatic carbocycles. The molecule has 1 aliphatic heterocycles. The van der Waals surface area contributed by atoms with Gasteiger partial charge in [0.15, 0.2) is 0 Å². The molecule has 1 N–H and O–H groups in total. The maximum atomic E-state index is 12.5. The van der Waals surface area contributed by atoms with Gasteiger partial charge in [-0.2, -0.15) is 4.98 Å². The molecule has 1 fully saturated rings. The number of nitrogens with zero attached hydrogens (tertiary/aromatic N) is 3.